The molecule has 1 aromatic carbocycles. The Bertz CT molecular complexity index is 891. The van der Waals surface area contributed by atoms with Crippen LogP contribution in [0.15, 0.2) is 46.9 Å². The molecule has 1 amide bonds. The van der Waals surface area contributed by atoms with Crippen molar-refractivity contribution in [1.82, 2.24) is 20.5 Å². The molecule has 2 heterocycles. The van der Waals surface area contributed by atoms with Gasteiger partial charge in [-0.25, -0.2) is 4.98 Å². The van der Waals surface area contributed by atoms with E-state index in [2.05, 4.69) is 38.7 Å². The van der Waals surface area contributed by atoms with E-state index in [0.717, 1.165) is 30.0 Å². The molecule has 1 aliphatic carbocycles. The summed E-state index contributed by atoms with van der Waals surface area (Å²) in [7, 11) is 0. The summed E-state index contributed by atoms with van der Waals surface area (Å²) in [5, 5.41) is 12.7. The molecule has 1 aliphatic rings. The van der Waals surface area contributed by atoms with E-state index in [1.165, 1.54) is 22.9 Å². The molecule has 0 aliphatic heterocycles. The van der Waals surface area contributed by atoms with Gasteiger partial charge >= 0.3 is 0 Å². The summed E-state index contributed by atoms with van der Waals surface area (Å²) in [6.45, 7) is 1.90. The quantitative estimate of drug-likeness (QED) is 0.647. The Balaban J connectivity index is 1.40. The molecular weight excluding hydrogens is 364 g/mol. The lowest BCUT2D eigenvalue weighted by molar-refractivity contribution is -0.121. The van der Waals surface area contributed by atoms with Crippen LogP contribution in [0.5, 0.6) is 0 Å². The van der Waals surface area contributed by atoms with Gasteiger partial charge in [-0.15, -0.1) is 16.4 Å². The largest absolute Gasteiger partial charge is 0.348 e. The Labute approximate surface area is 160 Å². The van der Waals surface area contributed by atoms with Gasteiger partial charge in [-0.1, -0.05) is 42.1 Å². The second-order valence-electron chi connectivity index (χ2n) is 6.36. The Kier molecular flexibility index (Phi) is 5.08. The van der Waals surface area contributed by atoms with Crippen LogP contribution in [0.4, 0.5) is 0 Å². The van der Waals surface area contributed by atoms with Crippen LogP contribution in [0.3, 0.4) is 0 Å². The number of carbonyl (C=O) groups is 1. The maximum absolute atomic E-state index is 12.7. The van der Waals surface area contributed by atoms with Crippen LogP contribution >= 0.6 is 23.1 Å². The smallest absolute Gasteiger partial charge is 0.233 e. The molecule has 2 aromatic heterocycles. The standard InChI is InChI=1S/C19H20N4OS2/c1-12(26-19-21-17(22-23-19)16-10-5-11-25-16)18(24)20-15-9-4-7-13-6-2-3-8-14(13)15/h2-3,5-6,8,10-12,15H,4,7,9H2,1H3,(H,20,24)(H,21,22,23)/t12-,15-/m0/s1. The second kappa shape index (κ2) is 7.63. The van der Waals surface area contributed by atoms with Crippen molar-refractivity contribution >= 4 is 29.0 Å². The fourth-order valence-electron chi connectivity index (χ4n) is 3.23. The molecule has 2 N–H and O–H groups in total. The highest BCUT2D eigenvalue weighted by Crippen LogP contribution is 2.30. The third kappa shape index (κ3) is 3.68. The summed E-state index contributed by atoms with van der Waals surface area (Å²) in [6, 6.07) is 12.5. The number of nitrogens with zero attached hydrogens (tertiary/aromatic N) is 2. The number of benzene rings is 1. The molecule has 5 nitrogen and oxygen atoms in total. The maximum atomic E-state index is 12.7. The number of aromatic nitrogens is 3. The first-order valence-electron chi connectivity index (χ1n) is 8.72. The lowest BCUT2D eigenvalue weighted by atomic mass is 9.88. The number of thioether (sulfide) groups is 1. The first-order valence-corrected chi connectivity index (χ1v) is 10.5. The fraction of sp³-hybridized carbons (Fsp3) is 0.316. The average Bonchev–Trinajstić information content (AvgIpc) is 3.33. The van der Waals surface area contributed by atoms with Crippen LogP contribution in [0.1, 0.15) is 36.9 Å². The highest BCUT2D eigenvalue weighted by molar-refractivity contribution is 8.00. The molecule has 0 spiro atoms. The predicted molar refractivity (Wildman–Crippen MR) is 105 cm³/mol. The van der Waals surface area contributed by atoms with Gasteiger partial charge in [-0.2, -0.15) is 0 Å². The van der Waals surface area contributed by atoms with Gasteiger partial charge in [0.25, 0.3) is 0 Å². The van der Waals surface area contributed by atoms with Crippen molar-refractivity contribution in [2.24, 2.45) is 0 Å². The number of hydrogen-bond acceptors (Lipinski definition) is 5. The summed E-state index contributed by atoms with van der Waals surface area (Å²) in [5.74, 6) is 0.774. The fourth-order valence-corrected chi connectivity index (χ4v) is 4.62. The van der Waals surface area contributed by atoms with Crippen LogP contribution in [0.2, 0.25) is 0 Å². The van der Waals surface area contributed by atoms with E-state index in [4.69, 9.17) is 0 Å². The molecule has 0 unspecified atom stereocenters. The van der Waals surface area contributed by atoms with Crippen molar-refractivity contribution in [1.29, 1.82) is 0 Å². The van der Waals surface area contributed by atoms with Crippen LogP contribution in [-0.2, 0) is 11.2 Å². The van der Waals surface area contributed by atoms with Gasteiger partial charge in [-0.3, -0.25) is 9.89 Å². The van der Waals surface area contributed by atoms with E-state index in [-0.39, 0.29) is 17.2 Å². The Morgan fingerprint density at radius 3 is 3.08 bits per heavy atom. The minimum Gasteiger partial charge on any atom is -0.348 e. The SMILES string of the molecule is C[C@H](Sc1n[nH]c(-c2cccs2)n1)C(=O)N[C@H]1CCCc2ccccc21. The third-order valence-electron chi connectivity index (χ3n) is 4.56. The van der Waals surface area contributed by atoms with Gasteiger partial charge in [0.15, 0.2) is 5.82 Å². The molecule has 26 heavy (non-hydrogen) atoms. The van der Waals surface area contributed by atoms with E-state index in [0.29, 0.717) is 5.16 Å². The number of carbonyl (C=O) groups excluding carboxylic acids is 1. The summed E-state index contributed by atoms with van der Waals surface area (Å²) in [5.41, 5.74) is 2.60. The number of aromatic amines is 1. The lowest BCUT2D eigenvalue weighted by Gasteiger charge is -2.27. The monoisotopic (exact) mass is 384 g/mol. The van der Waals surface area contributed by atoms with Gasteiger partial charge < -0.3 is 5.32 Å². The average molecular weight is 385 g/mol. The van der Waals surface area contributed by atoms with Crippen molar-refractivity contribution in [2.45, 2.75) is 42.6 Å². The van der Waals surface area contributed by atoms with Crippen LogP contribution in [-0.4, -0.2) is 26.3 Å². The molecule has 3 aromatic rings. The van der Waals surface area contributed by atoms with Crippen LogP contribution < -0.4 is 5.32 Å². The molecule has 134 valence electrons. The van der Waals surface area contributed by atoms with Gasteiger partial charge in [0, 0.05) is 0 Å². The Morgan fingerprint density at radius 2 is 2.23 bits per heavy atom. The third-order valence-corrected chi connectivity index (χ3v) is 6.39. The lowest BCUT2D eigenvalue weighted by Crippen LogP contribution is -2.35. The van der Waals surface area contributed by atoms with Crippen molar-refractivity contribution < 1.29 is 4.79 Å². The maximum Gasteiger partial charge on any atom is 0.233 e. The zero-order valence-corrected chi connectivity index (χ0v) is 16.1. The van der Waals surface area contributed by atoms with E-state index in [9.17, 15) is 4.79 Å². The number of fused-ring (bicyclic) bond motifs is 1. The highest BCUT2D eigenvalue weighted by Gasteiger charge is 2.24. The minimum atomic E-state index is -0.254. The van der Waals surface area contributed by atoms with Crippen molar-refractivity contribution in [3.8, 4) is 10.7 Å². The summed E-state index contributed by atoms with van der Waals surface area (Å²) in [6.07, 6.45) is 3.19. The van der Waals surface area contributed by atoms with Crippen molar-refractivity contribution in [3.63, 3.8) is 0 Å². The number of hydrogen-bond donors (Lipinski definition) is 2. The van der Waals surface area contributed by atoms with E-state index in [1.54, 1.807) is 11.3 Å². The minimum absolute atomic E-state index is 0.0270. The number of H-pyrrole nitrogens is 1. The second-order valence-corrected chi connectivity index (χ2v) is 8.61. The molecule has 0 radical (unpaired) electrons. The molecule has 0 saturated carbocycles. The number of amides is 1. The number of nitrogens with one attached hydrogen (secondary N) is 2. The molecule has 0 saturated heterocycles. The van der Waals surface area contributed by atoms with E-state index < -0.39 is 0 Å². The van der Waals surface area contributed by atoms with Crippen LogP contribution in [0.25, 0.3) is 10.7 Å². The van der Waals surface area contributed by atoms with Gasteiger partial charge in [0.2, 0.25) is 11.1 Å². The first-order chi connectivity index (χ1) is 12.7. The molecule has 7 heteroatoms. The topological polar surface area (TPSA) is 70.7 Å². The summed E-state index contributed by atoms with van der Waals surface area (Å²) < 4.78 is 0. The van der Waals surface area contributed by atoms with Gasteiger partial charge in [0.05, 0.1) is 16.2 Å². The number of rotatable bonds is 5. The van der Waals surface area contributed by atoms with Crippen LogP contribution in [0, 0.1) is 0 Å². The van der Waals surface area contributed by atoms with Gasteiger partial charge in [0.1, 0.15) is 0 Å². The van der Waals surface area contributed by atoms with Crippen molar-refractivity contribution in [2.75, 3.05) is 0 Å². The Hall–Kier alpha value is -2.12. The number of aryl methyl sites for hydroxylation is 1. The molecule has 2 atom stereocenters. The van der Waals surface area contributed by atoms with E-state index >= 15 is 0 Å². The molecule has 0 fully saturated rings. The normalized spacial score (nSPS) is 17.5. The zero-order valence-electron chi connectivity index (χ0n) is 14.4. The first kappa shape index (κ1) is 17.3. The van der Waals surface area contributed by atoms with Crippen molar-refractivity contribution in [3.05, 3.63) is 52.9 Å². The molecule has 4 rings (SSSR count). The van der Waals surface area contributed by atoms with E-state index in [1.807, 2.05) is 30.5 Å². The predicted octanol–water partition coefficient (Wildman–Crippen LogP) is 4.21. The molecule has 0 bridgehead atoms. The van der Waals surface area contributed by atoms with Gasteiger partial charge in [-0.05, 0) is 48.8 Å². The highest BCUT2D eigenvalue weighted by atomic mass is 32.2. The summed E-state index contributed by atoms with van der Waals surface area (Å²) >= 11 is 2.99. The molecular formula is C19H20N4OS2. The summed E-state index contributed by atoms with van der Waals surface area (Å²) in [4.78, 5) is 18.2. The zero-order chi connectivity index (χ0) is 17.9. The Morgan fingerprint density at radius 1 is 1.35 bits per heavy atom. The number of thiophene rings is 1.